The first-order valence-electron chi connectivity index (χ1n) is 5.80. The highest BCUT2D eigenvalue weighted by Crippen LogP contribution is 2.22. The first-order valence-corrected chi connectivity index (χ1v) is 5.80. The zero-order valence-electron chi connectivity index (χ0n) is 10.5. The molecule has 0 bridgehead atoms. The Morgan fingerprint density at radius 3 is 3.06 bits per heavy atom. The van der Waals surface area contributed by atoms with Crippen LogP contribution in [0.1, 0.15) is 24.3 Å². The highest BCUT2D eigenvalue weighted by Gasteiger charge is 2.36. The molecule has 100 valence electrons. The fourth-order valence-electron chi connectivity index (χ4n) is 2.16. The van der Waals surface area contributed by atoms with E-state index >= 15 is 0 Å². The third kappa shape index (κ3) is 2.62. The fraction of sp³-hybridized carbons (Fsp3) is 0.636. The number of morpholine rings is 1. The van der Waals surface area contributed by atoms with Crippen molar-refractivity contribution in [3.8, 4) is 0 Å². The van der Waals surface area contributed by atoms with Gasteiger partial charge in [-0.1, -0.05) is 0 Å². The standard InChI is InChI=1S/C11H18N4O3/c1-11(2)6-15(4-7(5-16)18-11)10(17)8-3-9(12)14-13-8/h3,7,16H,4-6H2,1-2H3,(H3,12,13,14). The minimum absolute atomic E-state index is 0.113. The van der Waals surface area contributed by atoms with Gasteiger partial charge in [0.1, 0.15) is 11.5 Å². The minimum atomic E-state index is -0.479. The van der Waals surface area contributed by atoms with Gasteiger partial charge in [-0.3, -0.25) is 9.89 Å². The van der Waals surface area contributed by atoms with E-state index in [1.807, 2.05) is 13.8 Å². The molecule has 0 spiro atoms. The van der Waals surface area contributed by atoms with Crippen LogP contribution >= 0.6 is 0 Å². The van der Waals surface area contributed by atoms with Crippen molar-refractivity contribution >= 4 is 11.7 Å². The molecule has 1 atom stereocenters. The van der Waals surface area contributed by atoms with E-state index in [9.17, 15) is 9.90 Å². The lowest BCUT2D eigenvalue weighted by molar-refractivity contribution is -0.139. The quantitative estimate of drug-likeness (QED) is 0.666. The monoisotopic (exact) mass is 254 g/mol. The van der Waals surface area contributed by atoms with Gasteiger partial charge in [0.25, 0.3) is 5.91 Å². The predicted octanol–water partition coefficient (Wildman–Crippen LogP) is -0.396. The zero-order valence-corrected chi connectivity index (χ0v) is 10.5. The van der Waals surface area contributed by atoms with Gasteiger partial charge in [0.15, 0.2) is 0 Å². The summed E-state index contributed by atoms with van der Waals surface area (Å²) in [5, 5.41) is 15.5. The van der Waals surface area contributed by atoms with E-state index in [-0.39, 0.29) is 24.4 Å². The van der Waals surface area contributed by atoms with Gasteiger partial charge >= 0.3 is 0 Å². The van der Waals surface area contributed by atoms with Crippen LogP contribution in [0, 0.1) is 0 Å². The first kappa shape index (κ1) is 12.8. The number of nitrogens with one attached hydrogen (secondary N) is 1. The number of carbonyl (C=O) groups excluding carboxylic acids is 1. The van der Waals surface area contributed by atoms with Crippen LogP contribution in [0.2, 0.25) is 0 Å². The van der Waals surface area contributed by atoms with E-state index in [2.05, 4.69) is 10.2 Å². The van der Waals surface area contributed by atoms with Gasteiger partial charge < -0.3 is 20.5 Å². The second-order valence-corrected chi connectivity index (χ2v) is 5.07. The molecular weight excluding hydrogens is 236 g/mol. The van der Waals surface area contributed by atoms with Crippen LogP contribution in [0.3, 0.4) is 0 Å². The number of aliphatic hydroxyl groups is 1. The number of aromatic nitrogens is 2. The predicted molar refractivity (Wildman–Crippen MR) is 64.9 cm³/mol. The van der Waals surface area contributed by atoms with Crippen LogP contribution in [0.15, 0.2) is 6.07 Å². The molecule has 1 aromatic heterocycles. The number of hydrogen-bond donors (Lipinski definition) is 3. The number of aliphatic hydroxyl groups excluding tert-OH is 1. The lowest BCUT2D eigenvalue weighted by atomic mass is 10.0. The normalized spacial score (nSPS) is 23.1. The minimum Gasteiger partial charge on any atom is -0.394 e. The molecule has 0 radical (unpaired) electrons. The maximum absolute atomic E-state index is 12.2. The van der Waals surface area contributed by atoms with Gasteiger partial charge in [-0.25, -0.2) is 0 Å². The summed E-state index contributed by atoms with van der Waals surface area (Å²) in [6, 6.07) is 1.50. The average molecular weight is 254 g/mol. The van der Waals surface area contributed by atoms with Crippen LogP contribution in [0.5, 0.6) is 0 Å². The van der Waals surface area contributed by atoms with Gasteiger partial charge in [0, 0.05) is 19.2 Å². The van der Waals surface area contributed by atoms with E-state index in [1.165, 1.54) is 6.07 Å². The molecule has 2 rings (SSSR count). The van der Waals surface area contributed by atoms with Crippen LogP contribution in [0.25, 0.3) is 0 Å². The van der Waals surface area contributed by atoms with E-state index in [0.717, 1.165) is 0 Å². The summed E-state index contributed by atoms with van der Waals surface area (Å²) in [5.41, 5.74) is 5.34. The smallest absolute Gasteiger partial charge is 0.272 e. The molecule has 2 heterocycles. The molecule has 7 heteroatoms. The van der Waals surface area contributed by atoms with Gasteiger partial charge in [0.05, 0.1) is 18.3 Å². The van der Waals surface area contributed by atoms with Gasteiger partial charge in [-0.15, -0.1) is 0 Å². The van der Waals surface area contributed by atoms with Crippen molar-refractivity contribution in [1.29, 1.82) is 0 Å². The third-order valence-electron chi connectivity index (χ3n) is 2.80. The summed E-state index contributed by atoms with van der Waals surface area (Å²) >= 11 is 0. The lowest BCUT2D eigenvalue weighted by Crippen LogP contribution is -2.55. The number of rotatable bonds is 2. The maximum Gasteiger partial charge on any atom is 0.272 e. The van der Waals surface area contributed by atoms with Crippen molar-refractivity contribution in [3.05, 3.63) is 11.8 Å². The lowest BCUT2D eigenvalue weighted by Gasteiger charge is -2.42. The molecule has 0 saturated carbocycles. The number of carbonyl (C=O) groups is 1. The Bertz CT molecular complexity index is 443. The zero-order chi connectivity index (χ0) is 13.3. The summed E-state index contributed by atoms with van der Waals surface area (Å²) in [6.45, 7) is 4.48. The van der Waals surface area contributed by atoms with Gasteiger partial charge in [0.2, 0.25) is 0 Å². The average Bonchev–Trinajstić information content (AvgIpc) is 2.72. The number of nitrogen functional groups attached to an aromatic ring is 1. The molecule has 1 amide bonds. The van der Waals surface area contributed by atoms with E-state index < -0.39 is 5.60 Å². The molecule has 4 N–H and O–H groups in total. The molecule has 1 aliphatic heterocycles. The highest BCUT2D eigenvalue weighted by molar-refractivity contribution is 5.93. The van der Waals surface area contributed by atoms with Crippen molar-refractivity contribution in [2.24, 2.45) is 0 Å². The number of hydrogen-bond acceptors (Lipinski definition) is 5. The van der Waals surface area contributed by atoms with Crippen LogP contribution in [-0.4, -0.2) is 57.5 Å². The van der Waals surface area contributed by atoms with Crippen LogP contribution < -0.4 is 5.73 Å². The maximum atomic E-state index is 12.2. The Hall–Kier alpha value is -1.60. The highest BCUT2D eigenvalue weighted by atomic mass is 16.5. The van der Waals surface area contributed by atoms with Crippen molar-refractivity contribution < 1.29 is 14.6 Å². The second-order valence-electron chi connectivity index (χ2n) is 5.07. The molecule has 18 heavy (non-hydrogen) atoms. The Kier molecular flexibility index (Phi) is 3.27. The molecule has 0 aliphatic carbocycles. The summed E-state index contributed by atoms with van der Waals surface area (Å²) < 4.78 is 5.65. The Balaban J connectivity index is 2.14. The molecule has 7 nitrogen and oxygen atoms in total. The van der Waals surface area contributed by atoms with Crippen molar-refractivity contribution in [2.45, 2.75) is 25.6 Å². The SMILES string of the molecule is CC1(C)CN(C(=O)c2cc(N)n[nH]2)CC(CO)O1. The number of ether oxygens (including phenoxy) is 1. The Morgan fingerprint density at radius 1 is 1.78 bits per heavy atom. The molecule has 1 saturated heterocycles. The Labute approximate surface area is 105 Å². The van der Waals surface area contributed by atoms with Crippen LogP contribution in [-0.2, 0) is 4.74 Å². The number of amides is 1. The summed E-state index contributed by atoms with van der Waals surface area (Å²) in [7, 11) is 0. The number of nitrogens with zero attached hydrogens (tertiary/aromatic N) is 2. The molecular formula is C11H18N4O3. The van der Waals surface area contributed by atoms with E-state index in [1.54, 1.807) is 4.90 Å². The summed E-state index contributed by atoms with van der Waals surface area (Å²) in [5.74, 6) is 0.0959. The van der Waals surface area contributed by atoms with Gasteiger partial charge in [-0.05, 0) is 13.8 Å². The van der Waals surface area contributed by atoms with Crippen molar-refractivity contribution in [2.75, 3.05) is 25.4 Å². The summed E-state index contributed by atoms with van der Waals surface area (Å²) in [4.78, 5) is 13.9. The largest absolute Gasteiger partial charge is 0.394 e. The van der Waals surface area contributed by atoms with Crippen molar-refractivity contribution in [1.82, 2.24) is 15.1 Å². The summed E-state index contributed by atoms with van der Waals surface area (Å²) in [6.07, 6.45) is -0.363. The third-order valence-corrected chi connectivity index (χ3v) is 2.80. The van der Waals surface area contributed by atoms with E-state index in [0.29, 0.717) is 18.8 Å². The number of nitrogens with two attached hydrogens (primary N) is 1. The fourth-order valence-corrected chi connectivity index (χ4v) is 2.16. The molecule has 1 unspecified atom stereocenters. The number of H-pyrrole nitrogens is 1. The first-order chi connectivity index (χ1) is 8.41. The van der Waals surface area contributed by atoms with E-state index in [4.69, 9.17) is 10.5 Å². The topological polar surface area (TPSA) is 104 Å². The number of aromatic amines is 1. The van der Waals surface area contributed by atoms with Crippen molar-refractivity contribution in [3.63, 3.8) is 0 Å². The second kappa shape index (κ2) is 4.58. The number of anilines is 1. The molecule has 1 fully saturated rings. The van der Waals surface area contributed by atoms with Crippen LogP contribution in [0.4, 0.5) is 5.82 Å². The molecule has 1 aliphatic rings. The van der Waals surface area contributed by atoms with Gasteiger partial charge in [-0.2, -0.15) is 5.10 Å². The molecule has 1 aromatic rings. The Morgan fingerprint density at radius 2 is 2.50 bits per heavy atom. The molecule has 0 aromatic carbocycles.